The average molecular weight is 418 g/mol. The fraction of sp³-hybridized carbons (Fsp3) is 0.333. The van der Waals surface area contributed by atoms with E-state index in [0.29, 0.717) is 29.9 Å². The van der Waals surface area contributed by atoms with Gasteiger partial charge in [0.1, 0.15) is 5.71 Å². The van der Waals surface area contributed by atoms with E-state index in [1.807, 2.05) is 42.2 Å². The molecule has 3 amide bonds. The van der Waals surface area contributed by atoms with Crippen LogP contribution in [-0.2, 0) is 16.1 Å². The predicted octanol–water partition coefficient (Wildman–Crippen LogP) is 3.35. The Morgan fingerprint density at radius 1 is 1.00 bits per heavy atom. The highest BCUT2D eigenvalue weighted by Gasteiger charge is 2.26. The van der Waals surface area contributed by atoms with Crippen molar-refractivity contribution in [1.29, 1.82) is 0 Å². The first-order chi connectivity index (χ1) is 15.0. The van der Waals surface area contributed by atoms with Crippen molar-refractivity contribution >= 4 is 29.1 Å². The number of anilines is 1. The van der Waals surface area contributed by atoms with Crippen molar-refractivity contribution in [2.75, 3.05) is 18.4 Å². The van der Waals surface area contributed by atoms with Crippen LogP contribution < -0.4 is 5.32 Å². The molecule has 2 aromatic rings. The lowest BCUT2D eigenvalue weighted by atomic mass is 10.0. The first kappa shape index (κ1) is 20.8. The van der Waals surface area contributed by atoms with Crippen LogP contribution >= 0.6 is 0 Å². The van der Waals surface area contributed by atoms with Crippen LogP contribution in [0.4, 0.5) is 5.69 Å². The molecule has 7 heteroatoms. The number of nitrogens with one attached hydrogen (secondary N) is 1. The molecule has 0 atom stereocenters. The van der Waals surface area contributed by atoms with Gasteiger partial charge >= 0.3 is 0 Å². The maximum Gasteiger partial charge on any atom is 0.271 e. The van der Waals surface area contributed by atoms with Crippen LogP contribution in [0.1, 0.15) is 47.2 Å². The molecule has 1 saturated heterocycles. The van der Waals surface area contributed by atoms with Crippen LogP contribution in [0.5, 0.6) is 0 Å². The number of hydrogen-bond donors (Lipinski definition) is 1. The number of nitrogens with zero attached hydrogens (tertiary/aromatic N) is 3. The summed E-state index contributed by atoms with van der Waals surface area (Å²) < 4.78 is 0. The van der Waals surface area contributed by atoms with Crippen molar-refractivity contribution in [2.45, 2.75) is 39.2 Å². The van der Waals surface area contributed by atoms with Gasteiger partial charge in [0.15, 0.2) is 0 Å². The van der Waals surface area contributed by atoms with E-state index in [2.05, 4.69) is 10.4 Å². The first-order valence-corrected chi connectivity index (χ1v) is 10.6. The van der Waals surface area contributed by atoms with E-state index in [-0.39, 0.29) is 24.1 Å². The van der Waals surface area contributed by atoms with Crippen molar-refractivity contribution in [3.8, 4) is 0 Å². The van der Waals surface area contributed by atoms with Crippen LogP contribution in [0.3, 0.4) is 0 Å². The Morgan fingerprint density at radius 2 is 1.74 bits per heavy atom. The zero-order chi connectivity index (χ0) is 21.8. The Bertz CT molecular complexity index is 1030. The lowest BCUT2D eigenvalue weighted by Gasteiger charge is -2.23. The summed E-state index contributed by atoms with van der Waals surface area (Å²) in [6.07, 6.45) is 2.59. The summed E-state index contributed by atoms with van der Waals surface area (Å²) in [6.45, 7) is 3.72. The molecular formula is C24H26N4O3. The Hall–Kier alpha value is -3.48. The maximum atomic E-state index is 12.9. The summed E-state index contributed by atoms with van der Waals surface area (Å²) in [5.41, 5.74) is 3.19. The second kappa shape index (κ2) is 9.12. The molecule has 7 nitrogen and oxygen atoms in total. The molecule has 31 heavy (non-hydrogen) atoms. The molecular weight excluding hydrogens is 392 g/mol. The van der Waals surface area contributed by atoms with Gasteiger partial charge < -0.3 is 10.2 Å². The van der Waals surface area contributed by atoms with Crippen LogP contribution in [0.2, 0.25) is 0 Å². The summed E-state index contributed by atoms with van der Waals surface area (Å²) in [7, 11) is 0. The maximum absolute atomic E-state index is 12.9. The van der Waals surface area contributed by atoms with Gasteiger partial charge in [-0.15, -0.1) is 0 Å². The molecule has 1 fully saturated rings. The molecule has 0 unspecified atom stereocenters. The van der Waals surface area contributed by atoms with Crippen molar-refractivity contribution < 1.29 is 14.4 Å². The molecule has 2 aromatic carbocycles. The quantitative estimate of drug-likeness (QED) is 0.808. The van der Waals surface area contributed by atoms with Gasteiger partial charge in [0.25, 0.3) is 11.8 Å². The molecule has 2 aliphatic heterocycles. The Balaban J connectivity index is 1.49. The Labute approximate surface area is 181 Å². The van der Waals surface area contributed by atoms with E-state index < -0.39 is 0 Å². The monoisotopic (exact) mass is 418 g/mol. The second-order valence-electron chi connectivity index (χ2n) is 7.92. The van der Waals surface area contributed by atoms with E-state index >= 15 is 0 Å². The third-order valence-electron chi connectivity index (χ3n) is 5.75. The summed E-state index contributed by atoms with van der Waals surface area (Å²) in [4.78, 5) is 39.8. The van der Waals surface area contributed by atoms with Crippen LogP contribution in [-0.4, -0.2) is 46.4 Å². The molecule has 0 saturated carbocycles. The molecule has 2 heterocycles. The van der Waals surface area contributed by atoms with Gasteiger partial charge in [-0.3, -0.25) is 14.4 Å². The molecule has 0 spiro atoms. The first-order valence-electron chi connectivity index (χ1n) is 10.6. The lowest BCUT2D eigenvalue weighted by Crippen LogP contribution is -2.36. The fourth-order valence-corrected chi connectivity index (χ4v) is 3.93. The van der Waals surface area contributed by atoms with Crippen LogP contribution in [0.25, 0.3) is 0 Å². The minimum atomic E-state index is -0.348. The Kier molecular flexibility index (Phi) is 6.11. The van der Waals surface area contributed by atoms with E-state index in [4.69, 9.17) is 0 Å². The number of carbonyl (C=O) groups is 3. The normalized spacial score (nSPS) is 16.3. The summed E-state index contributed by atoms with van der Waals surface area (Å²) in [5.74, 6) is -0.449. The van der Waals surface area contributed by atoms with Gasteiger partial charge in [0.2, 0.25) is 5.91 Å². The van der Waals surface area contributed by atoms with Crippen LogP contribution in [0.15, 0.2) is 53.6 Å². The highest BCUT2D eigenvalue weighted by atomic mass is 16.2. The number of rotatable bonds is 5. The fourth-order valence-electron chi connectivity index (χ4n) is 3.93. The highest BCUT2D eigenvalue weighted by Crippen LogP contribution is 2.23. The van der Waals surface area contributed by atoms with E-state index in [0.717, 1.165) is 37.1 Å². The molecule has 2 aliphatic rings. The van der Waals surface area contributed by atoms with Gasteiger partial charge in [-0.2, -0.15) is 5.10 Å². The molecule has 4 rings (SSSR count). The van der Waals surface area contributed by atoms with Gasteiger partial charge in [-0.1, -0.05) is 36.4 Å². The van der Waals surface area contributed by atoms with Gasteiger partial charge in [0, 0.05) is 37.2 Å². The highest BCUT2D eigenvalue weighted by molar-refractivity contribution is 6.43. The molecule has 0 aliphatic carbocycles. The molecule has 1 N–H and O–H groups in total. The average Bonchev–Trinajstić information content (AvgIpc) is 3.32. The lowest BCUT2D eigenvalue weighted by molar-refractivity contribution is -0.132. The molecule has 0 aromatic heterocycles. The van der Waals surface area contributed by atoms with E-state index in [9.17, 15) is 14.4 Å². The topological polar surface area (TPSA) is 82.1 Å². The largest absolute Gasteiger partial charge is 0.339 e. The second-order valence-corrected chi connectivity index (χ2v) is 7.92. The molecule has 0 radical (unpaired) electrons. The standard InChI is InChI=1S/C24H26N4O3/c1-17-19(24(31)27-14-5-6-15-27)10-7-11-20(17)25-23(30)21-12-13-22(29)28(26-21)16-18-8-3-2-4-9-18/h2-4,7-11H,5-6,12-16H2,1H3,(H,25,30). The minimum absolute atomic E-state index is 0.000684. The molecule has 0 bridgehead atoms. The van der Waals surface area contributed by atoms with Crippen molar-refractivity contribution in [3.63, 3.8) is 0 Å². The summed E-state index contributed by atoms with van der Waals surface area (Å²) >= 11 is 0. The van der Waals surface area contributed by atoms with Crippen molar-refractivity contribution in [3.05, 3.63) is 65.2 Å². The van der Waals surface area contributed by atoms with E-state index in [1.165, 1.54) is 5.01 Å². The smallest absolute Gasteiger partial charge is 0.271 e. The summed E-state index contributed by atoms with van der Waals surface area (Å²) in [5, 5.41) is 8.56. The number of likely N-dealkylation sites (tertiary alicyclic amines) is 1. The Morgan fingerprint density at radius 3 is 2.48 bits per heavy atom. The van der Waals surface area contributed by atoms with Crippen LogP contribution in [0, 0.1) is 6.92 Å². The number of hydrogen-bond acceptors (Lipinski definition) is 4. The zero-order valence-electron chi connectivity index (χ0n) is 17.6. The van der Waals surface area contributed by atoms with E-state index in [1.54, 1.807) is 18.2 Å². The summed E-state index contributed by atoms with van der Waals surface area (Å²) in [6, 6.07) is 14.9. The molecule has 160 valence electrons. The van der Waals surface area contributed by atoms with Gasteiger partial charge in [0.05, 0.1) is 6.54 Å². The van der Waals surface area contributed by atoms with Gasteiger partial charge in [-0.25, -0.2) is 5.01 Å². The third-order valence-corrected chi connectivity index (χ3v) is 5.75. The number of amides is 3. The number of hydrazone groups is 1. The SMILES string of the molecule is Cc1c(NC(=O)C2=NN(Cc3ccccc3)C(=O)CC2)cccc1C(=O)N1CCCC1. The number of benzene rings is 2. The van der Waals surface area contributed by atoms with Gasteiger partial charge in [-0.05, 0) is 43.0 Å². The zero-order valence-corrected chi connectivity index (χ0v) is 17.6. The minimum Gasteiger partial charge on any atom is -0.339 e. The third kappa shape index (κ3) is 4.66. The van der Waals surface area contributed by atoms with Crippen molar-refractivity contribution in [2.24, 2.45) is 5.10 Å². The predicted molar refractivity (Wildman–Crippen MR) is 119 cm³/mol. The van der Waals surface area contributed by atoms with Crippen molar-refractivity contribution in [1.82, 2.24) is 9.91 Å². The number of carbonyl (C=O) groups excluding carboxylic acids is 3.